The van der Waals surface area contributed by atoms with Crippen molar-refractivity contribution in [1.29, 1.82) is 0 Å². The molecule has 4 N–H and O–H groups in total. The van der Waals surface area contributed by atoms with Crippen LogP contribution in [0.2, 0.25) is 0 Å². The number of methoxy groups -OCH3 is 1. The summed E-state index contributed by atoms with van der Waals surface area (Å²) < 4.78 is 11.2. The molecule has 1 aromatic carbocycles. The van der Waals surface area contributed by atoms with E-state index in [1.165, 1.54) is 0 Å². The second-order valence-electron chi connectivity index (χ2n) is 11.6. The minimum atomic E-state index is -2.53. The number of anilines is 1. The van der Waals surface area contributed by atoms with Crippen LogP contribution in [0.3, 0.4) is 0 Å². The van der Waals surface area contributed by atoms with Gasteiger partial charge in [0.15, 0.2) is 17.2 Å². The van der Waals surface area contributed by atoms with Gasteiger partial charge in [0.25, 0.3) is 0 Å². The predicted octanol–water partition coefficient (Wildman–Crippen LogP) is 3.09. The van der Waals surface area contributed by atoms with Crippen molar-refractivity contribution in [3.8, 4) is 17.1 Å². The Kier molecular flexibility index (Phi) is 7.55. The number of ether oxygens (including phenoxy) is 1. The Morgan fingerprint density at radius 1 is 1.14 bits per heavy atom. The van der Waals surface area contributed by atoms with E-state index in [4.69, 9.17) is 9.15 Å². The molecule has 1 heterocycles. The molecular formula is C31H36N2O9. The highest BCUT2D eigenvalue weighted by atomic mass is 16.5. The molecule has 42 heavy (non-hydrogen) atoms. The lowest BCUT2D eigenvalue weighted by Gasteiger charge is -2.46. The number of allylic oxidation sites excluding steroid dienone is 2. The third kappa shape index (κ3) is 4.52. The third-order valence-electron chi connectivity index (χ3n) is 8.66. The van der Waals surface area contributed by atoms with Crippen molar-refractivity contribution in [2.24, 2.45) is 11.8 Å². The Hall–Kier alpha value is -3.93. The van der Waals surface area contributed by atoms with Gasteiger partial charge in [-0.15, -0.1) is 0 Å². The highest BCUT2D eigenvalue weighted by Crippen LogP contribution is 2.53. The van der Waals surface area contributed by atoms with Crippen LogP contribution in [-0.2, 0) is 27.3 Å². The molecule has 3 atom stereocenters. The number of nitrogens with zero attached hydrogens (tertiary/aromatic N) is 2. The number of rotatable bonds is 8. The summed E-state index contributed by atoms with van der Waals surface area (Å²) in [6.07, 6.45) is 0.147. The van der Waals surface area contributed by atoms with E-state index in [-0.39, 0.29) is 41.7 Å². The van der Waals surface area contributed by atoms with Crippen molar-refractivity contribution >= 4 is 23.0 Å². The smallest absolute Gasteiger partial charge is 0.209 e. The zero-order valence-corrected chi connectivity index (χ0v) is 24.4. The number of phenols is 1. The quantitative estimate of drug-likeness (QED) is 0.340. The number of carbonyl (C=O) groups excluding carboxylic acids is 3. The van der Waals surface area contributed by atoms with E-state index in [1.807, 2.05) is 30.9 Å². The first-order valence-corrected chi connectivity index (χ1v) is 13.8. The molecule has 11 nitrogen and oxygen atoms in total. The van der Waals surface area contributed by atoms with Crippen LogP contribution in [0.25, 0.3) is 11.3 Å². The summed E-state index contributed by atoms with van der Waals surface area (Å²) in [4.78, 5) is 43.3. The van der Waals surface area contributed by atoms with Gasteiger partial charge in [-0.1, -0.05) is 0 Å². The molecule has 0 saturated carbocycles. The standard InChI is InChI=1S/C31H36N2O9/c1-15(34)24-22(35)12-17-10-16-11-19-21(32(2)3)13-20(23-7-6-18(42-23)14-33(4)8-9-41-5)27(36)26(19)28(37)25(16)30(39)31(17,40)29(24)38/h6-7,13,16-17,35-36,39-40H,8-12,14H2,1-5H3/t16-,17+,31-/m0/s1. The summed E-state index contributed by atoms with van der Waals surface area (Å²) in [6, 6.07) is 5.26. The fourth-order valence-electron chi connectivity index (χ4n) is 6.56. The van der Waals surface area contributed by atoms with Crippen LogP contribution in [0.4, 0.5) is 5.69 Å². The lowest BCUT2D eigenvalue weighted by molar-refractivity contribution is -0.144. The molecule has 0 bridgehead atoms. The highest BCUT2D eigenvalue weighted by molar-refractivity contribution is 6.25. The summed E-state index contributed by atoms with van der Waals surface area (Å²) in [7, 11) is 7.18. The number of phenolic OH excluding ortho intramolecular Hbond substituents is 1. The average molecular weight is 581 g/mol. The molecule has 5 rings (SSSR count). The van der Waals surface area contributed by atoms with Gasteiger partial charge in [-0.2, -0.15) is 0 Å². The van der Waals surface area contributed by atoms with E-state index < -0.39 is 51.9 Å². The summed E-state index contributed by atoms with van der Waals surface area (Å²) in [5.74, 6) is -4.71. The van der Waals surface area contributed by atoms with Crippen LogP contribution in [0, 0.1) is 11.8 Å². The predicted molar refractivity (Wildman–Crippen MR) is 153 cm³/mol. The van der Waals surface area contributed by atoms with Crippen LogP contribution in [0.15, 0.2) is 45.3 Å². The van der Waals surface area contributed by atoms with Gasteiger partial charge >= 0.3 is 0 Å². The molecule has 3 aliphatic carbocycles. The van der Waals surface area contributed by atoms with E-state index >= 15 is 0 Å². The fourth-order valence-corrected chi connectivity index (χ4v) is 6.56. The van der Waals surface area contributed by atoms with Crippen molar-refractivity contribution in [3.63, 3.8) is 0 Å². The first-order chi connectivity index (χ1) is 19.8. The number of fused-ring (bicyclic) bond motifs is 3. The molecule has 1 aromatic heterocycles. The van der Waals surface area contributed by atoms with Gasteiger partial charge in [-0.05, 0) is 56.5 Å². The van der Waals surface area contributed by atoms with E-state index in [1.54, 1.807) is 25.3 Å². The maximum atomic E-state index is 14.1. The third-order valence-corrected chi connectivity index (χ3v) is 8.66. The molecule has 0 unspecified atom stereocenters. The lowest BCUT2D eigenvalue weighted by Crippen LogP contribution is -2.56. The molecular weight excluding hydrogens is 544 g/mol. The van der Waals surface area contributed by atoms with Gasteiger partial charge in [-0.25, -0.2) is 0 Å². The zero-order chi connectivity index (χ0) is 30.7. The van der Waals surface area contributed by atoms with E-state index in [9.17, 15) is 34.8 Å². The van der Waals surface area contributed by atoms with Gasteiger partial charge in [0.2, 0.25) is 5.78 Å². The number of furan rings is 1. The highest BCUT2D eigenvalue weighted by Gasteiger charge is 2.59. The molecule has 0 aliphatic heterocycles. The Balaban J connectivity index is 1.60. The summed E-state index contributed by atoms with van der Waals surface area (Å²) >= 11 is 0. The number of aromatic hydroxyl groups is 1. The van der Waals surface area contributed by atoms with E-state index in [2.05, 4.69) is 0 Å². The minimum absolute atomic E-state index is 0.0420. The number of aliphatic hydroxyl groups is 3. The van der Waals surface area contributed by atoms with Crippen molar-refractivity contribution < 1.29 is 44.0 Å². The Morgan fingerprint density at radius 2 is 1.86 bits per heavy atom. The molecule has 0 spiro atoms. The number of carbonyl (C=O) groups is 3. The first kappa shape index (κ1) is 29.6. The van der Waals surface area contributed by atoms with Gasteiger partial charge in [0, 0.05) is 51.3 Å². The topological polar surface area (TPSA) is 161 Å². The van der Waals surface area contributed by atoms with Crippen LogP contribution in [0.1, 0.15) is 41.4 Å². The largest absolute Gasteiger partial charge is 0.511 e. The van der Waals surface area contributed by atoms with E-state index in [0.717, 1.165) is 6.92 Å². The monoisotopic (exact) mass is 580 g/mol. The number of hydrogen-bond donors (Lipinski definition) is 4. The van der Waals surface area contributed by atoms with Gasteiger partial charge < -0.3 is 34.5 Å². The lowest BCUT2D eigenvalue weighted by atomic mass is 9.60. The molecule has 224 valence electrons. The number of benzene rings is 1. The molecule has 0 radical (unpaired) electrons. The summed E-state index contributed by atoms with van der Waals surface area (Å²) in [5.41, 5.74) is -1.81. The van der Waals surface area contributed by atoms with Crippen molar-refractivity contribution in [1.82, 2.24) is 4.90 Å². The number of hydrogen-bond acceptors (Lipinski definition) is 11. The number of ketones is 3. The molecule has 11 heteroatoms. The van der Waals surface area contributed by atoms with Crippen LogP contribution in [-0.4, -0.2) is 89.7 Å². The molecule has 0 fully saturated rings. The summed E-state index contributed by atoms with van der Waals surface area (Å²) in [5, 5.41) is 44.8. The number of aliphatic hydroxyl groups excluding tert-OH is 2. The van der Waals surface area contributed by atoms with Gasteiger partial charge in [0.05, 0.1) is 24.3 Å². The maximum absolute atomic E-state index is 14.1. The van der Waals surface area contributed by atoms with Crippen LogP contribution < -0.4 is 4.90 Å². The van der Waals surface area contributed by atoms with Crippen LogP contribution >= 0.6 is 0 Å². The Bertz CT molecular complexity index is 1550. The normalized spacial score (nSPS) is 23.7. The minimum Gasteiger partial charge on any atom is -0.511 e. The first-order valence-electron chi connectivity index (χ1n) is 13.8. The Labute approximate surface area is 243 Å². The van der Waals surface area contributed by atoms with Crippen LogP contribution in [0.5, 0.6) is 5.75 Å². The Morgan fingerprint density at radius 3 is 2.50 bits per heavy atom. The second kappa shape index (κ2) is 10.7. The molecule has 2 aromatic rings. The fraction of sp³-hybridized carbons (Fsp3) is 0.452. The molecule has 0 saturated heterocycles. The average Bonchev–Trinajstić information content (AvgIpc) is 3.37. The van der Waals surface area contributed by atoms with Crippen molar-refractivity contribution in [3.05, 3.63) is 57.8 Å². The zero-order valence-electron chi connectivity index (χ0n) is 24.4. The van der Waals surface area contributed by atoms with Gasteiger partial charge in [-0.3, -0.25) is 19.3 Å². The SMILES string of the molecule is COCCN(C)Cc1ccc(-c2cc(N(C)C)c3c(c2O)C(=O)C2=C(O)[C@@]4(O)C(=O)C(C(C)=O)=C(O)C[C@H]4C[C@H]2C3)o1. The molecule has 0 amide bonds. The van der Waals surface area contributed by atoms with Gasteiger partial charge in [0.1, 0.15) is 34.4 Å². The molecule has 3 aliphatic rings. The van der Waals surface area contributed by atoms with Crippen molar-refractivity contribution in [2.75, 3.05) is 46.3 Å². The summed E-state index contributed by atoms with van der Waals surface area (Å²) in [6.45, 7) is 2.83. The number of likely N-dealkylation sites (N-methyl/N-ethyl adjacent to an activating group) is 1. The second-order valence-corrected chi connectivity index (χ2v) is 11.6. The maximum Gasteiger partial charge on any atom is 0.209 e. The number of Topliss-reactive ketones (excluding diaryl/α,β-unsaturated/α-hetero) is 3. The van der Waals surface area contributed by atoms with Crippen molar-refractivity contribution in [2.45, 2.75) is 38.3 Å². The van der Waals surface area contributed by atoms with E-state index in [0.29, 0.717) is 42.5 Å².